The Morgan fingerprint density at radius 1 is 1.13 bits per heavy atom. The van der Waals surface area contributed by atoms with E-state index in [1.165, 1.54) is 5.56 Å². The highest BCUT2D eigenvalue weighted by Crippen LogP contribution is 2.23. The number of hydrogen-bond donors (Lipinski definition) is 1. The molecular formula is C14H16O. The highest BCUT2D eigenvalue weighted by molar-refractivity contribution is 5.20. The van der Waals surface area contributed by atoms with E-state index in [-0.39, 0.29) is 0 Å². The van der Waals surface area contributed by atoms with Gasteiger partial charge in [0.2, 0.25) is 0 Å². The normalized spacial score (nSPS) is 24.3. The lowest BCUT2D eigenvalue weighted by Crippen LogP contribution is -2.26. The molecule has 0 radical (unpaired) electrons. The van der Waals surface area contributed by atoms with Crippen LogP contribution in [0.4, 0.5) is 0 Å². The van der Waals surface area contributed by atoms with Crippen molar-refractivity contribution in [3.05, 3.63) is 60.2 Å². The summed E-state index contributed by atoms with van der Waals surface area (Å²) < 4.78 is 0. The van der Waals surface area contributed by atoms with Gasteiger partial charge in [-0.1, -0.05) is 54.6 Å². The topological polar surface area (TPSA) is 20.2 Å². The zero-order valence-corrected chi connectivity index (χ0v) is 8.76. The first-order valence-electron chi connectivity index (χ1n) is 5.39. The lowest BCUT2D eigenvalue weighted by atomic mass is 9.89. The zero-order valence-electron chi connectivity index (χ0n) is 8.76. The number of allylic oxidation sites excluding steroid dienone is 2. The second kappa shape index (κ2) is 4.45. The fourth-order valence-corrected chi connectivity index (χ4v) is 1.84. The largest absolute Gasteiger partial charge is 0.385 e. The van der Waals surface area contributed by atoms with Gasteiger partial charge in [-0.3, -0.25) is 0 Å². The second-order valence-corrected chi connectivity index (χ2v) is 4.08. The van der Waals surface area contributed by atoms with Crippen LogP contribution in [0.25, 0.3) is 0 Å². The number of aryl methyl sites for hydroxylation is 1. The molecule has 1 unspecified atom stereocenters. The van der Waals surface area contributed by atoms with E-state index >= 15 is 0 Å². The lowest BCUT2D eigenvalue weighted by Gasteiger charge is -2.24. The van der Waals surface area contributed by atoms with Crippen LogP contribution in [-0.4, -0.2) is 10.7 Å². The first-order chi connectivity index (χ1) is 7.29. The van der Waals surface area contributed by atoms with E-state index in [2.05, 4.69) is 12.1 Å². The Morgan fingerprint density at radius 3 is 2.60 bits per heavy atom. The van der Waals surface area contributed by atoms with Gasteiger partial charge in [-0.15, -0.1) is 0 Å². The summed E-state index contributed by atoms with van der Waals surface area (Å²) >= 11 is 0. The fraction of sp³-hybridized carbons (Fsp3) is 0.286. The van der Waals surface area contributed by atoms with Crippen LogP contribution in [0.5, 0.6) is 0 Å². The smallest absolute Gasteiger partial charge is 0.0868 e. The van der Waals surface area contributed by atoms with Crippen molar-refractivity contribution in [3.63, 3.8) is 0 Å². The van der Waals surface area contributed by atoms with Gasteiger partial charge >= 0.3 is 0 Å². The first-order valence-corrected chi connectivity index (χ1v) is 5.39. The maximum Gasteiger partial charge on any atom is 0.0868 e. The Bertz CT molecular complexity index is 364. The van der Waals surface area contributed by atoms with Crippen LogP contribution in [0.15, 0.2) is 54.6 Å². The van der Waals surface area contributed by atoms with Gasteiger partial charge in [-0.25, -0.2) is 0 Å². The van der Waals surface area contributed by atoms with Gasteiger partial charge in [-0.05, 0) is 24.8 Å². The Morgan fingerprint density at radius 2 is 1.93 bits per heavy atom. The summed E-state index contributed by atoms with van der Waals surface area (Å²) in [6.45, 7) is 0. The maximum absolute atomic E-state index is 10.2. The number of hydrogen-bond acceptors (Lipinski definition) is 1. The molecule has 2 rings (SSSR count). The highest BCUT2D eigenvalue weighted by atomic mass is 16.3. The molecule has 1 aliphatic carbocycles. The lowest BCUT2D eigenvalue weighted by molar-refractivity contribution is 0.0838. The Kier molecular flexibility index (Phi) is 3.02. The molecule has 0 amide bonds. The summed E-state index contributed by atoms with van der Waals surface area (Å²) in [5, 5.41) is 10.2. The maximum atomic E-state index is 10.2. The van der Waals surface area contributed by atoms with E-state index in [0.717, 1.165) is 19.3 Å². The number of benzene rings is 1. The molecule has 1 aliphatic rings. The molecule has 0 aromatic heterocycles. The van der Waals surface area contributed by atoms with Crippen molar-refractivity contribution >= 4 is 0 Å². The zero-order chi connectivity index (χ0) is 10.6. The average Bonchev–Trinajstić information content (AvgIpc) is 2.29. The van der Waals surface area contributed by atoms with Crippen molar-refractivity contribution in [2.24, 2.45) is 0 Å². The monoisotopic (exact) mass is 200 g/mol. The molecule has 1 nitrogen and oxygen atoms in total. The summed E-state index contributed by atoms with van der Waals surface area (Å²) in [7, 11) is 0. The van der Waals surface area contributed by atoms with Crippen LogP contribution in [0.1, 0.15) is 18.4 Å². The molecule has 1 atom stereocenters. The standard InChI is InChI=1S/C14H16O/c15-14(10-5-2-6-11-14)12-9-13-7-3-1-4-8-13/h1-8,10,15H,9,11-12H2. The molecule has 78 valence electrons. The molecule has 0 saturated heterocycles. The van der Waals surface area contributed by atoms with Gasteiger partial charge in [0, 0.05) is 0 Å². The summed E-state index contributed by atoms with van der Waals surface area (Å²) in [5.41, 5.74) is 0.652. The molecule has 0 bridgehead atoms. The molecule has 1 N–H and O–H groups in total. The Labute approximate surface area is 90.8 Å². The second-order valence-electron chi connectivity index (χ2n) is 4.08. The minimum absolute atomic E-state index is 0.634. The van der Waals surface area contributed by atoms with Crippen molar-refractivity contribution in [2.75, 3.05) is 0 Å². The third kappa shape index (κ3) is 2.80. The third-order valence-electron chi connectivity index (χ3n) is 2.81. The van der Waals surface area contributed by atoms with Gasteiger partial charge in [-0.2, -0.15) is 0 Å². The van der Waals surface area contributed by atoms with Crippen LogP contribution >= 0.6 is 0 Å². The summed E-state index contributed by atoms with van der Waals surface area (Å²) in [4.78, 5) is 0. The SMILES string of the molecule is OC1(CCc2ccccc2)C=CC=CC1. The van der Waals surface area contributed by atoms with Gasteiger partial charge in [0.25, 0.3) is 0 Å². The predicted molar refractivity (Wildman–Crippen MR) is 62.6 cm³/mol. The van der Waals surface area contributed by atoms with Crippen molar-refractivity contribution in [1.29, 1.82) is 0 Å². The van der Waals surface area contributed by atoms with E-state index < -0.39 is 5.60 Å². The molecule has 0 fully saturated rings. The molecule has 0 saturated carbocycles. The van der Waals surface area contributed by atoms with Crippen molar-refractivity contribution < 1.29 is 5.11 Å². The Hall–Kier alpha value is -1.34. The molecule has 0 aliphatic heterocycles. The molecule has 0 heterocycles. The molecular weight excluding hydrogens is 184 g/mol. The van der Waals surface area contributed by atoms with Crippen LogP contribution in [0.3, 0.4) is 0 Å². The summed E-state index contributed by atoms with van der Waals surface area (Å²) in [6.07, 6.45) is 10.3. The minimum Gasteiger partial charge on any atom is -0.385 e. The van der Waals surface area contributed by atoms with Crippen LogP contribution < -0.4 is 0 Å². The van der Waals surface area contributed by atoms with Crippen molar-refractivity contribution in [2.45, 2.75) is 24.9 Å². The van der Waals surface area contributed by atoms with Crippen LogP contribution in [0, 0.1) is 0 Å². The van der Waals surface area contributed by atoms with Crippen molar-refractivity contribution in [1.82, 2.24) is 0 Å². The molecule has 0 spiro atoms. The van der Waals surface area contributed by atoms with E-state index in [1.807, 2.05) is 42.5 Å². The predicted octanol–water partition coefficient (Wildman–Crippen LogP) is 2.87. The molecule has 1 heteroatoms. The van der Waals surface area contributed by atoms with Gasteiger partial charge < -0.3 is 5.11 Å². The van der Waals surface area contributed by atoms with E-state index in [4.69, 9.17) is 0 Å². The van der Waals surface area contributed by atoms with Crippen molar-refractivity contribution in [3.8, 4) is 0 Å². The summed E-state index contributed by atoms with van der Waals surface area (Å²) in [5.74, 6) is 0. The summed E-state index contributed by atoms with van der Waals surface area (Å²) in [6, 6.07) is 10.3. The van der Waals surface area contributed by atoms with E-state index in [9.17, 15) is 5.11 Å². The fourth-order valence-electron chi connectivity index (χ4n) is 1.84. The Balaban J connectivity index is 1.93. The third-order valence-corrected chi connectivity index (χ3v) is 2.81. The first kappa shape index (κ1) is 10.2. The van der Waals surface area contributed by atoms with Gasteiger partial charge in [0.05, 0.1) is 5.60 Å². The number of aliphatic hydroxyl groups is 1. The molecule has 1 aromatic rings. The van der Waals surface area contributed by atoms with E-state index in [0.29, 0.717) is 0 Å². The van der Waals surface area contributed by atoms with Crippen LogP contribution in [-0.2, 0) is 6.42 Å². The average molecular weight is 200 g/mol. The van der Waals surface area contributed by atoms with E-state index in [1.54, 1.807) is 0 Å². The quantitative estimate of drug-likeness (QED) is 0.795. The van der Waals surface area contributed by atoms with Gasteiger partial charge in [0.1, 0.15) is 0 Å². The highest BCUT2D eigenvalue weighted by Gasteiger charge is 2.22. The minimum atomic E-state index is -0.634. The number of rotatable bonds is 3. The van der Waals surface area contributed by atoms with Crippen LogP contribution in [0.2, 0.25) is 0 Å². The molecule has 15 heavy (non-hydrogen) atoms. The molecule has 1 aromatic carbocycles. The van der Waals surface area contributed by atoms with Gasteiger partial charge in [0.15, 0.2) is 0 Å².